The number of benzene rings is 2. The third-order valence-electron chi connectivity index (χ3n) is 5.48. The molecule has 0 bridgehead atoms. The molecule has 0 radical (unpaired) electrons. The van der Waals surface area contributed by atoms with E-state index in [9.17, 15) is 0 Å². The Hall–Kier alpha value is -1.83. The zero-order valence-corrected chi connectivity index (χ0v) is 22.3. The molecule has 0 unspecified atom stereocenters. The van der Waals surface area contributed by atoms with Crippen molar-refractivity contribution in [2.75, 3.05) is 13.1 Å². The molecule has 0 saturated heterocycles. The monoisotopic (exact) mass is 452 g/mol. The lowest BCUT2D eigenvalue weighted by molar-refractivity contribution is 0.573. The molecule has 0 saturated carbocycles. The summed E-state index contributed by atoms with van der Waals surface area (Å²) in [5, 5.41) is 2.66. The number of unbranched alkanes of at least 4 members (excludes halogenated alkanes) is 2. The molecule has 0 atom stereocenters. The highest BCUT2D eigenvalue weighted by Gasteiger charge is 2.35. The van der Waals surface area contributed by atoms with Crippen LogP contribution < -0.4 is 10.4 Å². The van der Waals surface area contributed by atoms with Gasteiger partial charge in [0.15, 0.2) is 0 Å². The lowest BCUT2D eigenvalue weighted by Crippen LogP contribution is -2.57. The Labute approximate surface area is 192 Å². The van der Waals surface area contributed by atoms with Crippen molar-refractivity contribution >= 4 is 39.4 Å². The standard InChI is InChI=1S/C26H40N2OSi2/c1-7-9-19-27-21-23-11-15-25(16-12-23)30(3,4)29-31(5,6)26-17-13-24(14-18-26)22-28-20-10-8-2/h11-18,21-22H,7-10,19-20H2,1-6H3. The molecular weight excluding hydrogens is 412 g/mol. The highest BCUT2D eigenvalue weighted by Crippen LogP contribution is 2.16. The SMILES string of the molecule is CCCCN=Cc1ccc([Si](C)(C)O[Si](C)(C)c2ccc(C=NCCCC)cc2)cc1. The zero-order valence-electron chi connectivity index (χ0n) is 20.3. The first-order chi connectivity index (χ1) is 14.8. The van der Waals surface area contributed by atoms with E-state index in [-0.39, 0.29) is 0 Å². The quantitative estimate of drug-likeness (QED) is 0.232. The summed E-state index contributed by atoms with van der Waals surface area (Å²) in [6.07, 6.45) is 8.63. The lowest BCUT2D eigenvalue weighted by Gasteiger charge is -2.34. The second-order valence-electron chi connectivity index (χ2n) is 9.14. The largest absolute Gasteiger partial charge is 0.449 e. The highest BCUT2D eigenvalue weighted by molar-refractivity contribution is 6.96. The molecule has 2 aromatic carbocycles. The van der Waals surface area contributed by atoms with Crippen LogP contribution in [-0.4, -0.2) is 42.2 Å². The molecular formula is C26H40N2OSi2. The minimum absolute atomic E-state index is 0.908. The molecule has 3 nitrogen and oxygen atoms in total. The summed E-state index contributed by atoms with van der Waals surface area (Å²) in [4.78, 5) is 9.02. The van der Waals surface area contributed by atoms with E-state index in [0.29, 0.717) is 0 Å². The maximum atomic E-state index is 6.91. The van der Waals surface area contributed by atoms with E-state index in [0.717, 1.165) is 37.1 Å². The maximum absolute atomic E-state index is 6.91. The average molecular weight is 453 g/mol. The first-order valence-electron chi connectivity index (χ1n) is 11.7. The van der Waals surface area contributed by atoms with Crippen LogP contribution in [0.15, 0.2) is 58.5 Å². The summed E-state index contributed by atoms with van der Waals surface area (Å²) in [5.74, 6) is 0. The normalized spacial score (nSPS) is 12.8. The Morgan fingerprint density at radius 3 is 1.32 bits per heavy atom. The predicted octanol–water partition coefficient (Wildman–Crippen LogP) is 5.67. The van der Waals surface area contributed by atoms with Crippen molar-refractivity contribution in [2.45, 2.75) is 65.7 Å². The van der Waals surface area contributed by atoms with Crippen molar-refractivity contribution in [3.63, 3.8) is 0 Å². The van der Waals surface area contributed by atoms with Gasteiger partial charge in [0.1, 0.15) is 0 Å². The molecule has 0 aliphatic heterocycles. The predicted molar refractivity (Wildman–Crippen MR) is 143 cm³/mol. The summed E-state index contributed by atoms with van der Waals surface area (Å²) >= 11 is 0. The van der Waals surface area contributed by atoms with Crippen LogP contribution in [-0.2, 0) is 4.12 Å². The number of aliphatic imine (C=N–C) groups is 2. The Bertz CT molecular complexity index is 769. The molecule has 0 heterocycles. The van der Waals surface area contributed by atoms with Crippen LogP contribution in [0.5, 0.6) is 0 Å². The Kier molecular flexibility index (Phi) is 10.1. The van der Waals surface area contributed by atoms with Crippen LogP contribution in [0.4, 0.5) is 0 Å². The Balaban J connectivity index is 2.05. The van der Waals surface area contributed by atoms with Gasteiger partial charge >= 0.3 is 0 Å². The maximum Gasteiger partial charge on any atom is 0.206 e. The van der Waals surface area contributed by atoms with Gasteiger partial charge in [0.2, 0.25) is 16.6 Å². The third-order valence-corrected chi connectivity index (χ3v) is 13.0. The van der Waals surface area contributed by atoms with Gasteiger partial charge in [-0.05, 0) is 60.5 Å². The number of hydrogen-bond acceptors (Lipinski definition) is 3. The lowest BCUT2D eigenvalue weighted by atomic mass is 10.2. The third kappa shape index (κ3) is 8.32. The smallest absolute Gasteiger partial charge is 0.206 e. The highest BCUT2D eigenvalue weighted by atomic mass is 28.4. The molecule has 0 aliphatic carbocycles. The summed E-state index contributed by atoms with van der Waals surface area (Å²) in [7, 11) is -4.03. The molecule has 0 amide bonds. The van der Waals surface area contributed by atoms with Gasteiger partial charge in [0, 0.05) is 25.5 Å². The van der Waals surface area contributed by atoms with Crippen molar-refractivity contribution in [1.82, 2.24) is 0 Å². The fraction of sp³-hybridized carbons (Fsp3) is 0.462. The molecule has 0 fully saturated rings. The van der Waals surface area contributed by atoms with E-state index >= 15 is 0 Å². The van der Waals surface area contributed by atoms with Gasteiger partial charge in [-0.1, -0.05) is 75.2 Å². The summed E-state index contributed by atoms with van der Waals surface area (Å²) < 4.78 is 6.91. The van der Waals surface area contributed by atoms with E-state index in [1.54, 1.807) is 0 Å². The molecule has 31 heavy (non-hydrogen) atoms. The molecule has 2 rings (SSSR count). The van der Waals surface area contributed by atoms with Gasteiger partial charge in [-0.25, -0.2) is 0 Å². The van der Waals surface area contributed by atoms with Crippen molar-refractivity contribution in [1.29, 1.82) is 0 Å². The second-order valence-corrected chi connectivity index (χ2v) is 17.2. The Morgan fingerprint density at radius 1 is 0.645 bits per heavy atom. The van der Waals surface area contributed by atoms with E-state index < -0.39 is 16.6 Å². The van der Waals surface area contributed by atoms with Gasteiger partial charge < -0.3 is 4.12 Å². The van der Waals surface area contributed by atoms with Crippen molar-refractivity contribution in [2.24, 2.45) is 9.98 Å². The first-order valence-corrected chi connectivity index (χ1v) is 17.5. The van der Waals surface area contributed by atoms with Crippen molar-refractivity contribution in [3.8, 4) is 0 Å². The number of rotatable bonds is 12. The fourth-order valence-corrected chi connectivity index (χ4v) is 11.5. The molecule has 2 aromatic rings. The molecule has 0 aliphatic rings. The Morgan fingerprint density at radius 2 is 1.00 bits per heavy atom. The van der Waals surface area contributed by atoms with E-state index in [4.69, 9.17) is 4.12 Å². The zero-order chi connectivity index (χ0) is 22.7. The second kappa shape index (κ2) is 12.3. The van der Waals surface area contributed by atoms with Crippen LogP contribution in [0.3, 0.4) is 0 Å². The first kappa shape index (κ1) is 25.4. The van der Waals surface area contributed by atoms with Gasteiger partial charge in [-0.3, -0.25) is 9.98 Å². The van der Waals surface area contributed by atoms with E-state index in [2.05, 4.69) is 98.6 Å². The summed E-state index contributed by atoms with van der Waals surface area (Å²) in [6.45, 7) is 15.4. The summed E-state index contributed by atoms with van der Waals surface area (Å²) in [5.41, 5.74) is 2.33. The van der Waals surface area contributed by atoms with Crippen LogP contribution in [0, 0.1) is 0 Å². The van der Waals surface area contributed by atoms with Gasteiger partial charge in [-0.2, -0.15) is 0 Å². The molecule has 168 valence electrons. The van der Waals surface area contributed by atoms with Gasteiger partial charge in [0.25, 0.3) is 0 Å². The average Bonchev–Trinajstić information content (AvgIpc) is 2.74. The molecule has 0 N–H and O–H groups in total. The molecule has 0 spiro atoms. The number of hydrogen-bond donors (Lipinski definition) is 0. The van der Waals surface area contributed by atoms with Gasteiger partial charge in [0.05, 0.1) is 0 Å². The van der Waals surface area contributed by atoms with Crippen LogP contribution in [0.25, 0.3) is 0 Å². The van der Waals surface area contributed by atoms with Crippen molar-refractivity contribution in [3.05, 3.63) is 59.7 Å². The number of nitrogens with zero attached hydrogens (tertiary/aromatic N) is 2. The topological polar surface area (TPSA) is 34.0 Å². The molecule has 5 heteroatoms. The van der Waals surface area contributed by atoms with Gasteiger partial charge in [-0.15, -0.1) is 0 Å². The van der Waals surface area contributed by atoms with Crippen LogP contribution in [0.1, 0.15) is 50.7 Å². The van der Waals surface area contributed by atoms with Crippen molar-refractivity contribution < 1.29 is 4.12 Å². The van der Waals surface area contributed by atoms with E-state index in [1.165, 1.54) is 23.2 Å². The molecule has 0 aromatic heterocycles. The summed E-state index contributed by atoms with van der Waals surface area (Å²) in [6, 6.07) is 17.6. The minimum atomic E-state index is -2.02. The van der Waals surface area contributed by atoms with Crippen LogP contribution in [0.2, 0.25) is 26.2 Å². The minimum Gasteiger partial charge on any atom is -0.449 e. The fourth-order valence-electron chi connectivity index (χ4n) is 3.54. The van der Waals surface area contributed by atoms with Crippen LogP contribution >= 0.6 is 0 Å². The van der Waals surface area contributed by atoms with E-state index in [1.807, 2.05) is 12.4 Å².